The molecule has 0 aliphatic carbocycles. The van der Waals surface area contributed by atoms with Crippen LogP contribution in [-0.4, -0.2) is 6.61 Å². The lowest BCUT2D eigenvalue weighted by Gasteiger charge is -2.13. The Bertz CT molecular complexity index is 1300. The number of ether oxygens (including phenoxy) is 2. The molecule has 0 aromatic heterocycles. The largest absolute Gasteiger partial charge is 0.490 e. The van der Waals surface area contributed by atoms with Crippen molar-refractivity contribution in [2.75, 3.05) is 6.61 Å². The Hall–Kier alpha value is -4.10. The van der Waals surface area contributed by atoms with Crippen molar-refractivity contribution in [3.63, 3.8) is 0 Å². The van der Waals surface area contributed by atoms with Gasteiger partial charge in [0.25, 0.3) is 0 Å². The van der Waals surface area contributed by atoms with Crippen LogP contribution in [0.2, 0.25) is 0 Å². The Morgan fingerprint density at radius 2 is 1.69 bits per heavy atom. The average Bonchev–Trinajstić information content (AvgIpc) is 2.83. The maximum atomic E-state index is 13.1. The zero-order valence-corrected chi connectivity index (χ0v) is 17.7. The molecule has 3 nitrogen and oxygen atoms in total. The highest BCUT2D eigenvalue weighted by atomic mass is 19.1. The fourth-order valence-electron chi connectivity index (χ4n) is 3.54. The summed E-state index contributed by atoms with van der Waals surface area (Å²) in [7, 11) is 0. The zero-order valence-electron chi connectivity index (χ0n) is 17.7. The number of hydrogen-bond acceptors (Lipinski definition) is 3. The van der Waals surface area contributed by atoms with Crippen molar-refractivity contribution in [1.29, 1.82) is 5.26 Å². The lowest BCUT2D eigenvalue weighted by atomic mass is 9.97. The van der Waals surface area contributed by atoms with Crippen molar-refractivity contribution < 1.29 is 13.9 Å². The van der Waals surface area contributed by atoms with Crippen LogP contribution >= 0.6 is 0 Å². The average molecular weight is 423 g/mol. The Labute approximate surface area is 187 Å². The molecule has 158 valence electrons. The summed E-state index contributed by atoms with van der Waals surface area (Å²) in [6, 6.07) is 28.1. The maximum Gasteiger partial charge on any atom is 0.161 e. The van der Waals surface area contributed by atoms with Gasteiger partial charge in [-0.25, -0.2) is 4.39 Å². The molecule has 0 radical (unpaired) electrons. The van der Waals surface area contributed by atoms with Gasteiger partial charge in [-0.15, -0.1) is 0 Å². The van der Waals surface area contributed by atoms with E-state index >= 15 is 0 Å². The van der Waals surface area contributed by atoms with E-state index in [9.17, 15) is 9.65 Å². The molecule has 0 bridgehead atoms. The summed E-state index contributed by atoms with van der Waals surface area (Å²) in [5, 5.41) is 12.0. The smallest absolute Gasteiger partial charge is 0.161 e. The van der Waals surface area contributed by atoms with E-state index in [4.69, 9.17) is 9.47 Å². The van der Waals surface area contributed by atoms with Crippen molar-refractivity contribution in [3.8, 4) is 17.6 Å². The van der Waals surface area contributed by atoms with E-state index in [0.29, 0.717) is 30.3 Å². The van der Waals surface area contributed by atoms with Gasteiger partial charge in [-0.2, -0.15) is 5.26 Å². The predicted molar refractivity (Wildman–Crippen MR) is 126 cm³/mol. The van der Waals surface area contributed by atoms with E-state index in [1.807, 2.05) is 73.7 Å². The highest BCUT2D eigenvalue weighted by Gasteiger charge is 2.10. The van der Waals surface area contributed by atoms with Crippen LogP contribution in [0, 0.1) is 17.1 Å². The van der Waals surface area contributed by atoms with E-state index in [1.165, 1.54) is 12.1 Å². The first-order valence-electron chi connectivity index (χ1n) is 10.4. The quantitative estimate of drug-likeness (QED) is 0.237. The van der Waals surface area contributed by atoms with Gasteiger partial charge in [0, 0.05) is 5.56 Å². The Morgan fingerprint density at radius 3 is 2.47 bits per heavy atom. The molecular weight excluding hydrogens is 401 g/mol. The molecular formula is C28H22FNO2. The Balaban J connectivity index is 1.64. The molecule has 0 fully saturated rings. The predicted octanol–water partition coefficient (Wildman–Crippen LogP) is 7.02. The van der Waals surface area contributed by atoms with Gasteiger partial charge in [0.05, 0.1) is 18.2 Å². The molecule has 4 heteroatoms. The number of allylic oxidation sites excluding steroid dienone is 1. The van der Waals surface area contributed by atoms with Crippen LogP contribution in [0.25, 0.3) is 22.4 Å². The first-order valence-corrected chi connectivity index (χ1v) is 10.4. The zero-order chi connectivity index (χ0) is 22.3. The second-order valence-electron chi connectivity index (χ2n) is 7.25. The molecule has 0 amide bonds. The van der Waals surface area contributed by atoms with Gasteiger partial charge in [0.1, 0.15) is 12.4 Å². The van der Waals surface area contributed by atoms with Crippen LogP contribution in [0.1, 0.15) is 23.6 Å². The summed E-state index contributed by atoms with van der Waals surface area (Å²) in [5.74, 6) is 0.912. The summed E-state index contributed by atoms with van der Waals surface area (Å²) < 4.78 is 24.8. The minimum absolute atomic E-state index is 0.278. The molecule has 0 spiro atoms. The van der Waals surface area contributed by atoms with Crippen LogP contribution in [-0.2, 0) is 6.61 Å². The number of nitrogens with zero attached hydrogens (tertiary/aromatic N) is 1. The topological polar surface area (TPSA) is 42.2 Å². The summed E-state index contributed by atoms with van der Waals surface area (Å²) >= 11 is 0. The molecule has 4 rings (SSSR count). The third-order valence-corrected chi connectivity index (χ3v) is 5.09. The molecule has 0 atom stereocenters. The molecule has 0 saturated heterocycles. The Kier molecular flexibility index (Phi) is 6.48. The monoisotopic (exact) mass is 423 g/mol. The van der Waals surface area contributed by atoms with Gasteiger partial charge < -0.3 is 9.47 Å². The standard InChI is InChI=1S/C28H22FNO2/c1-2-31-28-17-21(12-15-27(28)32-19-20-10-13-24(29)14-11-20)16-23(18-30)26-9-5-7-22-6-3-4-8-25(22)26/h3-17H,2,19H2,1H3/b23-16+. The summed E-state index contributed by atoms with van der Waals surface area (Å²) in [6.45, 7) is 2.69. The molecule has 0 unspecified atom stereocenters. The van der Waals surface area contributed by atoms with Gasteiger partial charge in [-0.1, -0.05) is 60.7 Å². The minimum atomic E-state index is -0.278. The first kappa shape index (κ1) is 21.1. The number of hydrogen-bond donors (Lipinski definition) is 0. The fourth-order valence-corrected chi connectivity index (χ4v) is 3.54. The second kappa shape index (κ2) is 9.80. The molecule has 32 heavy (non-hydrogen) atoms. The molecule has 4 aromatic rings. The van der Waals surface area contributed by atoms with Crippen molar-refractivity contribution in [3.05, 3.63) is 107 Å². The summed E-state index contributed by atoms with van der Waals surface area (Å²) in [4.78, 5) is 0. The van der Waals surface area contributed by atoms with Crippen molar-refractivity contribution in [1.82, 2.24) is 0 Å². The fraction of sp³-hybridized carbons (Fsp3) is 0.107. The van der Waals surface area contributed by atoms with Crippen LogP contribution in [0.5, 0.6) is 11.5 Å². The van der Waals surface area contributed by atoms with E-state index < -0.39 is 0 Å². The number of rotatable bonds is 7. The molecule has 0 N–H and O–H groups in total. The van der Waals surface area contributed by atoms with Crippen LogP contribution in [0.15, 0.2) is 84.9 Å². The third kappa shape index (κ3) is 4.79. The molecule has 4 aromatic carbocycles. The van der Waals surface area contributed by atoms with Crippen molar-refractivity contribution in [2.24, 2.45) is 0 Å². The van der Waals surface area contributed by atoms with E-state index in [0.717, 1.165) is 27.5 Å². The van der Waals surface area contributed by atoms with Crippen molar-refractivity contribution >= 4 is 22.4 Å². The lowest BCUT2D eigenvalue weighted by molar-refractivity contribution is 0.269. The lowest BCUT2D eigenvalue weighted by Crippen LogP contribution is -2.00. The molecule has 0 aliphatic rings. The Morgan fingerprint density at radius 1 is 0.906 bits per heavy atom. The van der Waals surface area contributed by atoms with Crippen molar-refractivity contribution in [2.45, 2.75) is 13.5 Å². The van der Waals surface area contributed by atoms with Crippen LogP contribution < -0.4 is 9.47 Å². The van der Waals surface area contributed by atoms with Crippen LogP contribution in [0.3, 0.4) is 0 Å². The van der Waals surface area contributed by atoms with E-state index in [2.05, 4.69) is 6.07 Å². The summed E-state index contributed by atoms with van der Waals surface area (Å²) in [5.41, 5.74) is 3.16. The van der Waals surface area contributed by atoms with Gasteiger partial charge in [-0.05, 0) is 59.2 Å². The number of fused-ring (bicyclic) bond motifs is 1. The van der Waals surface area contributed by atoms with Crippen LogP contribution in [0.4, 0.5) is 4.39 Å². The van der Waals surface area contributed by atoms with Gasteiger partial charge >= 0.3 is 0 Å². The van der Waals surface area contributed by atoms with E-state index in [1.54, 1.807) is 12.1 Å². The van der Waals surface area contributed by atoms with Gasteiger partial charge in [0.15, 0.2) is 11.5 Å². The minimum Gasteiger partial charge on any atom is -0.490 e. The highest BCUT2D eigenvalue weighted by Crippen LogP contribution is 2.32. The molecule has 0 saturated carbocycles. The first-order chi connectivity index (χ1) is 15.7. The van der Waals surface area contributed by atoms with Gasteiger partial charge in [-0.3, -0.25) is 0 Å². The van der Waals surface area contributed by atoms with Gasteiger partial charge in [0.2, 0.25) is 0 Å². The highest BCUT2D eigenvalue weighted by molar-refractivity contribution is 6.01. The number of nitriles is 1. The number of benzene rings is 4. The summed E-state index contributed by atoms with van der Waals surface area (Å²) in [6.07, 6.45) is 1.86. The third-order valence-electron chi connectivity index (χ3n) is 5.09. The molecule has 0 aliphatic heterocycles. The normalized spacial score (nSPS) is 11.2. The second-order valence-corrected chi connectivity index (χ2v) is 7.25. The SMILES string of the molecule is CCOc1cc(/C=C(\C#N)c2cccc3ccccc23)ccc1OCc1ccc(F)cc1. The maximum absolute atomic E-state index is 13.1. The van der Waals surface area contributed by atoms with E-state index in [-0.39, 0.29) is 5.82 Å². The number of halogens is 1. The molecule has 0 heterocycles.